The normalized spacial score (nSPS) is 10.8. The quantitative estimate of drug-likeness (QED) is 0.839. The molecule has 2 aromatic rings. The van der Waals surface area contributed by atoms with Crippen molar-refractivity contribution in [2.24, 2.45) is 0 Å². The van der Waals surface area contributed by atoms with Gasteiger partial charge in [-0.2, -0.15) is 0 Å². The molecule has 19 heavy (non-hydrogen) atoms. The van der Waals surface area contributed by atoms with Crippen molar-refractivity contribution in [2.75, 3.05) is 5.32 Å². The van der Waals surface area contributed by atoms with Crippen LogP contribution in [0.3, 0.4) is 0 Å². The van der Waals surface area contributed by atoms with E-state index in [0.717, 1.165) is 16.8 Å². The van der Waals surface area contributed by atoms with Gasteiger partial charge < -0.3 is 5.32 Å². The van der Waals surface area contributed by atoms with E-state index < -0.39 is 0 Å². The Balaban J connectivity index is 2.31. The van der Waals surface area contributed by atoms with Crippen molar-refractivity contribution in [3.63, 3.8) is 0 Å². The second-order valence-electron chi connectivity index (χ2n) is 4.75. The largest absolute Gasteiger partial charge is 0.321 e. The Morgan fingerprint density at radius 2 is 2.00 bits per heavy atom. The molecule has 0 aliphatic heterocycles. The summed E-state index contributed by atoms with van der Waals surface area (Å²) in [6.07, 6.45) is 0. The fourth-order valence-electron chi connectivity index (χ4n) is 1.95. The third kappa shape index (κ3) is 3.17. The van der Waals surface area contributed by atoms with Crippen LogP contribution in [0.2, 0.25) is 4.34 Å². The van der Waals surface area contributed by atoms with Crippen LogP contribution in [0, 0.1) is 6.92 Å². The number of amides is 1. The van der Waals surface area contributed by atoms with Crippen LogP contribution in [0.4, 0.5) is 5.69 Å². The van der Waals surface area contributed by atoms with Gasteiger partial charge in [0, 0.05) is 5.69 Å². The van der Waals surface area contributed by atoms with Gasteiger partial charge in [-0.15, -0.1) is 11.3 Å². The van der Waals surface area contributed by atoms with Crippen molar-refractivity contribution in [3.05, 3.63) is 50.7 Å². The lowest BCUT2D eigenvalue weighted by molar-refractivity contribution is 0.103. The molecular weight excluding hydrogens is 278 g/mol. The van der Waals surface area contributed by atoms with Crippen molar-refractivity contribution in [2.45, 2.75) is 26.7 Å². The second-order valence-corrected chi connectivity index (χ2v) is 6.47. The predicted molar refractivity (Wildman–Crippen MR) is 82.6 cm³/mol. The Bertz CT molecular complexity index is 604. The van der Waals surface area contributed by atoms with Crippen LogP contribution >= 0.6 is 22.9 Å². The van der Waals surface area contributed by atoms with Crippen molar-refractivity contribution < 1.29 is 4.79 Å². The highest BCUT2D eigenvalue weighted by Gasteiger charge is 2.14. The first kappa shape index (κ1) is 14.1. The molecule has 1 aromatic carbocycles. The number of carbonyl (C=O) groups is 1. The molecule has 2 nitrogen and oxygen atoms in total. The van der Waals surface area contributed by atoms with Crippen molar-refractivity contribution >= 4 is 34.5 Å². The van der Waals surface area contributed by atoms with Gasteiger partial charge in [-0.1, -0.05) is 43.6 Å². The van der Waals surface area contributed by atoms with E-state index in [9.17, 15) is 4.79 Å². The fourth-order valence-corrected chi connectivity index (χ4v) is 2.89. The van der Waals surface area contributed by atoms with E-state index in [4.69, 9.17) is 11.6 Å². The van der Waals surface area contributed by atoms with Gasteiger partial charge in [-0.25, -0.2) is 0 Å². The van der Waals surface area contributed by atoms with E-state index >= 15 is 0 Å². The molecule has 0 saturated heterocycles. The molecule has 0 radical (unpaired) electrons. The highest BCUT2D eigenvalue weighted by Crippen LogP contribution is 2.29. The Morgan fingerprint density at radius 1 is 1.26 bits per heavy atom. The third-order valence-corrected chi connectivity index (χ3v) is 4.19. The lowest BCUT2D eigenvalue weighted by Gasteiger charge is -2.16. The van der Waals surface area contributed by atoms with Crippen LogP contribution in [0.15, 0.2) is 30.3 Å². The maximum Gasteiger partial charge on any atom is 0.265 e. The van der Waals surface area contributed by atoms with Crippen molar-refractivity contribution in [1.82, 2.24) is 0 Å². The molecule has 1 aromatic heterocycles. The molecule has 0 aliphatic rings. The monoisotopic (exact) mass is 293 g/mol. The number of para-hydroxylation sites is 1. The van der Waals surface area contributed by atoms with E-state index in [2.05, 4.69) is 25.2 Å². The number of aryl methyl sites for hydroxylation is 1. The summed E-state index contributed by atoms with van der Waals surface area (Å²) in [6.45, 7) is 6.24. The maximum atomic E-state index is 12.2. The molecule has 100 valence electrons. The average molecular weight is 294 g/mol. The predicted octanol–water partition coefficient (Wildman–Crippen LogP) is 5.09. The standard InChI is InChI=1S/C15H16ClNOS/c1-9(2)11-6-4-5-10(3)14(11)17-15(18)12-7-8-13(16)19-12/h4-9H,1-3H3,(H,17,18). The summed E-state index contributed by atoms with van der Waals surface area (Å²) in [7, 11) is 0. The fraction of sp³-hybridized carbons (Fsp3) is 0.267. The van der Waals surface area contributed by atoms with E-state index in [-0.39, 0.29) is 5.91 Å². The number of halogens is 1. The summed E-state index contributed by atoms with van der Waals surface area (Å²) in [5, 5.41) is 3.00. The number of benzene rings is 1. The number of hydrogen-bond donors (Lipinski definition) is 1. The number of carbonyl (C=O) groups excluding carboxylic acids is 1. The highest BCUT2D eigenvalue weighted by atomic mass is 35.5. The van der Waals surface area contributed by atoms with Crippen LogP contribution < -0.4 is 5.32 Å². The molecular formula is C15H16ClNOS. The average Bonchev–Trinajstić information content (AvgIpc) is 2.78. The minimum atomic E-state index is -0.104. The molecule has 4 heteroatoms. The van der Waals surface area contributed by atoms with E-state index in [0.29, 0.717) is 15.1 Å². The van der Waals surface area contributed by atoms with Gasteiger partial charge >= 0.3 is 0 Å². The van der Waals surface area contributed by atoms with Crippen LogP contribution in [0.25, 0.3) is 0 Å². The molecule has 0 bridgehead atoms. The van der Waals surface area contributed by atoms with Crippen LogP contribution in [0.1, 0.15) is 40.6 Å². The molecule has 0 fully saturated rings. The zero-order valence-corrected chi connectivity index (χ0v) is 12.7. The van der Waals surface area contributed by atoms with Gasteiger partial charge in [0.2, 0.25) is 0 Å². The molecule has 0 spiro atoms. The summed E-state index contributed by atoms with van der Waals surface area (Å²) in [5.74, 6) is 0.259. The van der Waals surface area contributed by atoms with Gasteiger partial charge in [0.15, 0.2) is 0 Å². The molecule has 0 saturated carbocycles. The number of anilines is 1. The SMILES string of the molecule is Cc1cccc(C(C)C)c1NC(=O)c1ccc(Cl)s1. The Kier molecular flexibility index (Phi) is 4.27. The Labute approximate surface area is 122 Å². The first-order valence-electron chi connectivity index (χ1n) is 6.15. The van der Waals surface area contributed by atoms with Gasteiger partial charge in [0.25, 0.3) is 5.91 Å². The molecule has 1 heterocycles. The van der Waals surface area contributed by atoms with E-state index in [1.807, 2.05) is 19.1 Å². The second kappa shape index (κ2) is 5.76. The first-order valence-corrected chi connectivity index (χ1v) is 7.34. The Morgan fingerprint density at radius 3 is 2.58 bits per heavy atom. The van der Waals surface area contributed by atoms with Crippen molar-refractivity contribution in [1.29, 1.82) is 0 Å². The van der Waals surface area contributed by atoms with Gasteiger partial charge in [-0.3, -0.25) is 4.79 Å². The summed E-state index contributed by atoms with van der Waals surface area (Å²) in [4.78, 5) is 12.8. The summed E-state index contributed by atoms with van der Waals surface area (Å²) in [5.41, 5.74) is 3.13. The maximum absolute atomic E-state index is 12.2. The van der Waals surface area contributed by atoms with Crippen LogP contribution in [0.5, 0.6) is 0 Å². The molecule has 1 N–H and O–H groups in total. The number of hydrogen-bond acceptors (Lipinski definition) is 2. The molecule has 0 atom stereocenters. The summed E-state index contributed by atoms with van der Waals surface area (Å²) < 4.78 is 0.624. The lowest BCUT2D eigenvalue weighted by Crippen LogP contribution is -2.13. The Hall–Kier alpha value is -1.32. The molecule has 0 aliphatic carbocycles. The minimum Gasteiger partial charge on any atom is -0.321 e. The summed E-state index contributed by atoms with van der Waals surface area (Å²) >= 11 is 7.15. The summed E-state index contributed by atoms with van der Waals surface area (Å²) in [6, 6.07) is 9.55. The van der Waals surface area contributed by atoms with Gasteiger partial charge in [0.05, 0.1) is 9.21 Å². The molecule has 0 unspecified atom stereocenters. The third-order valence-electron chi connectivity index (χ3n) is 2.96. The van der Waals surface area contributed by atoms with Crippen molar-refractivity contribution in [3.8, 4) is 0 Å². The zero-order valence-electron chi connectivity index (χ0n) is 11.2. The van der Waals surface area contributed by atoms with Crippen LogP contribution in [-0.4, -0.2) is 5.91 Å². The van der Waals surface area contributed by atoms with Gasteiger partial charge in [0.1, 0.15) is 0 Å². The molecule has 1 amide bonds. The van der Waals surface area contributed by atoms with Gasteiger partial charge in [-0.05, 0) is 36.1 Å². The lowest BCUT2D eigenvalue weighted by atomic mass is 9.98. The number of nitrogens with one attached hydrogen (secondary N) is 1. The topological polar surface area (TPSA) is 29.1 Å². The zero-order chi connectivity index (χ0) is 14.0. The highest BCUT2D eigenvalue weighted by molar-refractivity contribution is 7.18. The number of rotatable bonds is 3. The van der Waals surface area contributed by atoms with E-state index in [1.165, 1.54) is 11.3 Å². The van der Waals surface area contributed by atoms with Crippen LogP contribution in [-0.2, 0) is 0 Å². The number of thiophene rings is 1. The first-order chi connectivity index (χ1) is 8.99. The van der Waals surface area contributed by atoms with E-state index in [1.54, 1.807) is 12.1 Å². The minimum absolute atomic E-state index is 0.104. The molecule has 2 rings (SSSR count). The smallest absolute Gasteiger partial charge is 0.265 e.